The minimum absolute atomic E-state index is 0.0558. The molecule has 0 spiro atoms. The number of carboxylic acids is 1. The van der Waals surface area contributed by atoms with E-state index in [1.54, 1.807) is 12.1 Å². The number of aliphatic carboxylic acids is 1. The number of amides is 1. The molecular weight excluding hydrogens is 337 g/mol. The van der Waals surface area contributed by atoms with Gasteiger partial charge in [-0.3, -0.25) is 4.79 Å². The molecule has 1 amide bonds. The molecule has 1 saturated heterocycles. The van der Waals surface area contributed by atoms with Crippen molar-refractivity contribution in [3.05, 3.63) is 34.5 Å². The third-order valence-corrected chi connectivity index (χ3v) is 5.24. The van der Waals surface area contributed by atoms with Gasteiger partial charge < -0.3 is 19.9 Å². The van der Waals surface area contributed by atoms with Gasteiger partial charge in [-0.1, -0.05) is 6.07 Å². The molecular formula is C16H16FNO5S. The average molecular weight is 353 g/mol. The van der Waals surface area contributed by atoms with Gasteiger partial charge in [0.1, 0.15) is 5.82 Å². The fourth-order valence-electron chi connectivity index (χ4n) is 2.79. The van der Waals surface area contributed by atoms with E-state index in [-0.39, 0.29) is 31.1 Å². The van der Waals surface area contributed by atoms with Crippen LogP contribution in [0.25, 0.3) is 10.1 Å². The highest BCUT2D eigenvalue weighted by atomic mass is 32.1. The fourth-order valence-corrected chi connectivity index (χ4v) is 3.91. The van der Waals surface area contributed by atoms with E-state index in [9.17, 15) is 19.1 Å². The van der Waals surface area contributed by atoms with E-state index in [0.29, 0.717) is 15.6 Å². The van der Waals surface area contributed by atoms with Crippen LogP contribution in [0.2, 0.25) is 0 Å². The Morgan fingerprint density at radius 1 is 1.50 bits per heavy atom. The molecule has 0 bridgehead atoms. The quantitative estimate of drug-likeness (QED) is 0.860. The fraction of sp³-hybridized carbons (Fsp3) is 0.375. The molecule has 128 valence electrons. The van der Waals surface area contributed by atoms with E-state index in [0.717, 1.165) is 11.3 Å². The van der Waals surface area contributed by atoms with Gasteiger partial charge in [-0.25, -0.2) is 9.18 Å². The second-order valence-electron chi connectivity index (χ2n) is 5.60. The van der Waals surface area contributed by atoms with Gasteiger partial charge in [-0.15, -0.1) is 11.3 Å². The summed E-state index contributed by atoms with van der Waals surface area (Å²) in [6.07, 6.45) is 0.187. The molecule has 8 heteroatoms. The predicted octanol–water partition coefficient (Wildman–Crippen LogP) is 2.16. The summed E-state index contributed by atoms with van der Waals surface area (Å²) in [6, 6.07) is 4.60. The number of hydrogen-bond donors (Lipinski definition) is 2. The molecule has 2 N–H and O–H groups in total. The SMILES string of the molecule is COCc1c(C(=O)NC2(C(=O)O)CCOC2)sc2cccc(F)c12. The van der Waals surface area contributed by atoms with Gasteiger partial charge in [0.25, 0.3) is 5.91 Å². The minimum Gasteiger partial charge on any atom is -0.479 e. The van der Waals surface area contributed by atoms with E-state index < -0.39 is 23.2 Å². The molecule has 0 saturated carbocycles. The van der Waals surface area contributed by atoms with E-state index in [2.05, 4.69) is 5.32 Å². The van der Waals surface area contributed by atoms with Gasteiger partial charge >= 0.3 is 5.97 Å². The zero-order valence-corrected chi connectivity index (χ0v) is 13.7. The van der Waals surface area contributed by atoms with Crippen LogP contribution in [0.5, 0.6) is 0 Å². The van der Waals surface area contributed by atoms with Crippen LogP contribution in [0, 0.1) is 5.82 Å². The highest BCUT2D eigenvalue weighted by Crippen LogP contribution is 2.34. The van der Waals surface area contributed by atoms with Crippen LogP contribution in [-0.4, -0.2) is 42.8 Å². The largest absolute Gasteiger partial charge is 0.479 e. The summed E-state index contributed by atoms with van der Waals surface area (Å²) in [5.74, 6) is -2.14. The first kappa shape index (κ1) is 16.8. The minimum atomic E-state index is -1.45. The lowest BCUT2D eigenvalue weighted by atomic mass is 9.98. The summed E-state index contributed by atoms with van der Waals surface area (Å²) in [7, 11) is 1.45. The first-order chi connectivity index (χ1) is 11.5. The number of carbonyl (C=O) groups excluding carboxylic acids is 1. The normalized spacial score (nSPS) is 20.4. The highest BCUT2D eigenvalue weighted by molar-refractivity contribution is 7.21. The monoisotopic (exact) mass is 353 g/mol. The Morgan fingerprint density at radius 2 is 2.29 bits per heavy atom. The second kappa shape index (κ2) is 6.46. The highest BCUT2D eigenvalue weighted by Gasteiger charge is 2.44. The van der Waals surface area contributed by atoms with E-state index in [4.69, 9.17) is 9.47 Å². The molecule has 1 fully saturated rings. The molecule has 0 aliphatic carbocycles. The van der Waals surface area contributed by atoms with Crippen molar-refractivity contribution in [1.82, 2.24) is 5.32 Å². The van der Waals surface area contributed by atoms with Crippen molar-refractivity contribution >= 4 is 33.3 Å². The number of carboxylic acid groups (broad SMARTS) is 1. The first-order valence-electron chi connectivity index (χ1n) is 7.31. The number of nitrogens with one attached hydrogen (secondary N) is 1. The maximum Gasteiger partial charge on any atom is 0.331 e. The predicted molar refractivity (Wildman–Crippen MR) is 85.8 cm³/mol. The number of ether oxygens (including phenoxy) is 2. The summed E-state index contributed by atoms with van der Waals surface area (Å²) in [4.78, 5) is 24.5. The first-order valence-corrected chi connectivity index (χ1v) is 8.12. The van der Waals surface area contributed by atoms with E-state index in [1.165, 1.54) is 13.2 Å². The summed E-state index contributed by atoms with van der Waals surface area (Å²) in [5, 5.41) is 12.3. The molecule has 0 radical (unpaired) electrons. The van der Waals surface area contributed by atoms with E-state index in [1.807, 2.05) is 0 Å². The number of benzene rings is 1. The summed E-state index contributed by atoms with van der Waals surface area (Å²) >= 11 is 1.11. The number of thiophene rings is 1. The molecule has 1 aromatic heterocycles. The van der Waals surface area contributed by atoms with Gasteiger partial charge in [0.05, 0.1) is 18.1 Å². The number of halogens is 1. The van der Waals surface area contributed by atoms with Gasteiger partial charge in [0.15, 0.2) is 5.54 Å². The Balaban J connectivity index is 2.02. The third kappa shape index (κ3) is 2.77. The summed E-state index contributed by atoms with van der Waals surface area (Å²) < 4.78 is 25.0. The lowest BCUT2D eigenvalue weighted by molar-refractivity contribution is -0.144. The Bertz CT molecular complexity index is 797. The van der Waals surface area contributed by atoms with Crippen molar-refractivity contribution in [1.29, 1.82) is 0 Å². The van der Waals surface area contributed by atoms with E-state index >= 15 is 0 Å². The molecule has 6 nitrogen and oxygen atoms in total. The molecule has 1 atom stereocenters. The smallest absolute Gasteiger partial charge is 0.331 e. The molecule has 2 aromatic rings. The van der Waals surface area contributed by atoms with Gasteiger partial charge in [0.2, 0.25) is 0 Å². The topological polar surface area (TPSA) is 84.9 Å². The summed E-state index contributed by atoms with van der Waals surface area (Å²) in [6.45, 7) is 0.228. The van der Waals surface area contributed by atoms with Crippen LogP contribution in [0.1, 0.15) is 21.7 Å². The Hall–Kier alpha value is -2.03. The van der Waals surface area contributed by atoms with Crippen molar-refractivity contribution in [3.63, 3.8) is 0 Å². The molecule has 3 rings (SSSR count). The molecule has 1 aromatic carbocycles. The standard InChI is InChI=1S/C16H16FNO5S/c1-22-7-9-12-10(17)3-2-4-11(12)24-13(9)14(19)18-16(15(20)21)5-6-23-8-16/h2-4H,5-8H2,1H3,(H,18,19)(H,20,21). The average Bonchev–Trinajstić information content (AvgIpc) is 3.14. The molecule has 1 aliphatic heterocycles. The Labute approximate surface area is 141 Å². The van der Waals surface area contributed by atoms with Gasteiger partial charge in [-0.2, -0.15) is 0 Å². The van der Waals surface area contributed by atoms with Crippen LogP contribution in [-0.2, 0) is 20.9 Å². The van der Waals surface area contributed by atoms with Gasteiger partial charge in [-0.05, 0) is 12.1 Å². The van der Waals surface area contributed by atoms with Crippen LogP contribution >= 0.6 is 11.3 Å². The zero-order valence-electron chi connectivity index (χ0n) is 12.9. The number of carbonyl (C=O) groups is 2. The van der Waals surface area contributed by atoms with Crippen molar-refractivity contribution in [3.8, 4) is 0 Å². The second-order valence-corrected chi connectivity index (χ2v) is 6.65. The van der Waals surface area contributed by atoms with Crippen molar-refractivity contribution in [2.45, 2.75) is 18.6 Å². The lowest BCUT2D eigenvalue weighted by Gasteiger charge is -2.23. The Morgan fingerprint density at radius 3 is 2.92 bits per heavy atom. The number of fused-ring (bicyclic) bond motifs is 1. The zero-order chi connectivity index (χ0) is 17.3. The molecule has 1 aliphatic rings. The van der Waals surface area contributed by atoms with Crippen molar-refractivity contribution in [2.24, 2.45) is 0 Å². The van der Waals surface area contributed by atoms with Crippen LogP contribution < -0.4 is 5.32 Å². The number of methoxy groups -OCH3 is 1. The maximum absolute atomic E-state index is 14.2. The van der Waals surface area contributed by atoms with Crippen molar-refractivity contribution in [2.75, 3.05) is 20.3 Å². The molecule has 1 unspecified atom stereocenters. The summed E-state index contributed by atoms with van der Waals surface area (Å²) in [5.41, 5.74) is -1.02. The molecule has 24 heavy (non-hydrogen) atoms. The van der Waals surface area contributed by atoms with Crippen LogP contribution in [0.4, 0.5) is 4.39 Å². The van der Waals surface area contributed by atoms with Gasteiger partial charge in [0, 0.05) is 35.8 Å². The third-order valence-electron chi connectivity index (χ3n) is 4.04. The Kier molecular flexibility index (Phi) is 4.53. The number of hydrogen-bond acceptors (Lipinski definition) is 5. The number of rotatable bonds is 5. The molecule has 2 heterocycles. The van der Waals surface area contributed by atoms with Crippen LogP contribution in [0.3, 0.4) is 0 Å². The van der Waals surface area contributed by atoms with Crippen molar-refractivity contribution < 1.29 is 28.6 Å². The maximum atomic E-state index is 14.2. The lowest BCUT2D eigenvalue weighted by Crippen LogP contribution is -2.55. The van der Waals surface area contributed by atoms with Crippen LogP contribution in [0.15, 0.2) is 18.2 Å².